The van der Waals surface area contributed by atoms with Gasteiger partial charge in [-0.05, 0) is 58.1 Å². The third kappa shape index (κ3) is 12.9. The Labute approximate surface area is 321 Å². The molecule has 0 saturated carbocycles. The summed E-state index contributed by atoms with van der Waals surface area (Å²) in [5.74, 6) is 1.17. The van der Waals surface area contributed by atoms with Crippen LogP contribution >= 0.6 is 0 Å². The van der Waals surface area contributed by atoms with Crippen molar-refractivity contribution in [3.8, 4) is 22.3 Å². The first-order chi connectivity index (χ1) is 23.4. The Morgan fingerprint density at radius 1 is 0.560 bits per heavy atom. The van der Waals surface area contributed by atoms with Crippen molar-refractivity contribution in [1.82, 2.24) is 0 Å². The van der Waals surface area contributed by atoms with Gasteiger partial charge in [0.2, 0.25) is 0 Å². The molecule has 0 nitrogen and oxygen atoms in total. The van der Waals surface area contributed by atoms with Gasteiger partial charge in [-0.2, -0.15) is 30.0 Å². The van der Waals surface area contributed by atoms with Crippen LogP contribution in [0.3, 0.4) is 0 Å². The second-order valence-electron chi connectivity index (χ2n) is 16.1. The molecule has 0 aliphatic rings. The number of aryl methyl sites for hydroxylation is 2. The van der Waals surface area contributed by atoms with Crippen molar-refractivity contribution in [1.29, 1.82) is 0 Å². The fourth-order valence-corrected chi connectivity index (χ4v) is 5.61. The van der Waals surface area contributed by atoms with E-state index in [-0.39, 0.29) is 10.8 Å². The van der Waals surface area contributed by atoms with Crippen LogP contribution in [-0.4, -0.2) is 4.21 Å². The summed E-state index contributed by atoms with van der Waals surface area (Å²) in [7, 11) is 0. The molecule has 0 saturated heterocycles. The van der Waals surface area contributed by atoms with Crippen LogP contribution in [0.15, 0.2) is 109 Å². The van der Waals surface area contributed by atoms with Crippen molar-refractivity contribution in [3.63, 3.8) is 0 Å². The van der Waals surface area contributed by atoms with Crippen molar-refractivity contribution in [2.24, 2.45) is 11.8 Å². The molecule has 0 aliphatic heterocycles. The molecular weight excluding hydrogens is 680 g/mol. The number of hydrogen-bond donors (Lipinski definition) is 0. The Kier molecular flexibility index (Phi) is 16.7. The van der Waals surface area contributed by atoms with E-state index in [0.29, 0.717) is 11.8 Å². The largest absolute Gasteiger partial charge is 0.214 e. The average molecular weight is 742 g/mol. The first-order valence-corrected chi connectivity index (χ1v) is 19.7. The summed E-state index contributed by atoms with van der Waals surface area (Å²) in [4.78, 5) is 0. The van der Waals surface area contributed by atoms with Crippen molar-refractivity contribution in [3.05, 3.63) is 145 Å². The zero-order valence-corrected chi connectivity index (χ0v) is 35.6. The predicted octanol–water partition coefficient (Wildman–Crippen LogP) is 14.6. The van der Waals surface area contributed by atoms with Crippen LogP contribution in [0.25, 0.3) is 43.8 Å². The van der Waals surface area contributed by atoms with Crippen molar-refractivity contribution in [2.75, 3.05) is 0 Å². The van der Waals surface area contributed by atoms with E-state index in [2.05, 4.69) is 180 Å². The topological polar surface area (TPSA) is 0 Å². The molecule has 0 fully saturated rings. The summed E-state index contributed by atoms with van der Waals surface area (Å²) in [6.45, 7) is 33.8. The molecule has 6 aromatic rings. The molecule has 0 aromatic heterocycles. The zero-order valence-electron chi connectivity index (χ0n) is 33.2. The van der Waals surface area contributed by atoms with E-state index >= 15 is 0 Å². The molecule has 0 unspecified atom stereocenters. The fourth-order valence-electron chi connectivity index (χ4n) is 5.61. The zero-order chi connectivity index (χ0) is 37.8. The van der Waals surface area contributed by atoms with E-state index in [1.807, 2.05) is 30.3 Å². The SMILES string of the molecule is Cc1ccc(-c2cc3[cH-]c4cc(-c5ccc(C)cc5)c(C(C)(C)C)cc4c3cc2C(C)(C)C)cc1.[CH2-]C(C)C.[CH2-]C(C)C.[CH2]=[Zr].c1cc[cH-]c1. The minimum Gasteiger partial charge on any atom is -0.214 e. The summed E-state index contributed by atoms with van der Waals surface area (Å²) in [5.41, 5.74) is 10.8. The van der Waals surface area contributed by atoms with E-state index in [1.165, 1.54) is 90.3 Å². The maximum absolute atomic E-state index is 3.64. The van der Waals surface area contributed by atoms with Gasteiger partial charge in [0.25, 0.3) is 0 Å². The molecule has 0 bridgehead atoms. The van der Waals surface area contributed by atoms with Gasteiger partial charge in [-0.15, -0.1) is 39.7 Å². The van der Waals surface area contributed by atoms with Gasteiger partial charge in [-0.3, -0.25) is 0 Å². The molecule has 266 valence electrons. The molecule has 6 rings (SSSR count). The Balaban J connectivity index is 0.000000487. The summed E-state index contributed by atoms with van der Waals surface area (Å²) < 4.78 is 3.34. The second kappa shape index (κ2) is 19.5. The fraction of sp³-hybridized carbons (Fsp3) is 0.327. The Bertz CT molecular complexity index is 1700. The number of hydrogen-bond acceptors (Lipinski definition) is 0. The third-order valence-corrected chi connectivity index (χ3v) is 7.88. The third-order valence-electron chi connectivity index (χ3n) is 7.88. The van der Waals surface area contributed by atoms with Crippen molar-refractivity contribution >= 4 is 25.8 Å². The first kappa shape index (κ1) is 43.0. The van der Waals surface area contributed by atoms with Crippen molar-refractivity contribution < 1.29 is 24.2 Å². The van der Waals surface area contributed by atoms with Crippen LogP contribution in [0.1, 0.15) is 91.5 Å². The van der Waals surface area contributed by atoms with Crippen LogP contribution in [-0.2, 0) is 35.1 Å². The molecule has 0 aliphatic carbocycles. The molecule has 0 amide bonds. The van der Waals surface area contributed by atoms with Gasteiger partial charge in [0.05, 0.1) is 0 Å². The van der Waals surface area contributed by atoms with Crippen LogP contribution < -0.4 is 0 Å². The molecule has 0 spiro atoms. The number of fused-ring (bicyclic) bond motifs is 3. The van der Waals surface area contributed by atoms with Gasteiger partial charge in [-0.25, -0.2) is 12.1 Å². The van der Waals surface area contributed by atoms with E-state index in [9.17, 15) is 0 Å². The maximum Gasteiger partial charge on any atom is -0.172 e. The standard InChI is InChI=1S/C35H37.C5H5.2C4H9.CH2.Zr/c1-22-9-13-24(14-10-22)30-18-26-17-27-19-31(25-15-11-23(2)12-16-25)33(35(6,7)8)21-29(27)28(26)20-32(30)34(3,4)5;1-2-4-5-3-1;2*1-4(2)3;;/h9-21H,1-8H3;1-5H;2*4H,1H2,2-3H3;1H2;/q4*-1;;. The Morgan fingerprint density at radius 2 is 0.860 bits per heavy atom. The monoisotopic (exact) mass is 740 g/mol. The van der Waals surface area contributed by atoms with Gasteiger partial charge in [0, 0.05) is 0 Å². The molecule has 1 heteroatoms. The summed E-state index contributed by atoms with van der Waals surface area (Å²) in [6, 6.07) is 40.1. The van der Waals surface area contributed by atoms with E-state index in [1.54, 1.807) is 0 Å². The molecule has 6 aromatic carbocycles. The Morgan fingerprint density at radius 3 is 1.10 bits per heavy atom. The second-order valence-corrected chi connectivity index (χ2v) is 16.1. The van der Waals surface area contributed by atoms with Gasteiger partial charge in [0.1, 0.15) is 0 Å². The minimum atomic E-state index is 0.0483. The van der Waals surface area contributed by atoms with Gasteiger partial charge in [-0.1, -0.05) is 141 Å². The smallest absolute Gasteiger partial charge is 0.172 e. The van der Waals surface area contributed by atoms with E-state index in [4.69, 9.17) is 0 Å². The molecule has 0 N–H and O–H groups in total. The average Bonchev–Trinajstić information content (AvgIpc) is 3.72. The molecular formula is C49H62Zr-4. The molecule has 0 heterocycles. The van der Waals surface area contributed by atoms with Crippen LogP contribution in [0.5, 0.6) is 0 Å². The van der Waals surface area contributed by atoms with Gasteiger partial charge in [0.15, 0.2) is 0 Å². The molecule has 0 radical (unpaired) electrons. The summed E-state index contributed by atoms with van der Waals surface area (Å²) in [6.07, 6.45) is 0. The van der Waals surface area contributed by atoms with Gasteiger partial charge >= 0.3 is 28.4 Å². The molecule has 50 heavy (non-hydrogen) atoms. The maximum atomic E-state index is 3.64. The quantitative estimate of drug-likeness (QED) is 0.155. The normalized spacial score (nSPS) is 11.1. The number of rotatable bonds is 2. The van der Waals surface area contributed by atoms with E-state index in [0.717, 1.165) is 0 Å². The minimum absolute atomic E-state index is 0.0483. The Hall–Kier alpha value is -3.15. The first-order valence-electron chi connectivity index (χ1n) is 17.9. The summed E-state index contributed by atoms with van der Waals surface area (Å²) in [5, 5.41) is 5.37. The van der Waals surface area contributed by atoms with Gasteiger partial charge < -0.3 is 13.8 Å². The van der Waals surface area contributed by atoms with Crippen LogP contribution in [0.2, 0.25) is 0 Å². The van der Waals surface area contributed by atoms with Crippen molar-refractivity contribution in [2.45, 2.75) is 93.9 Å². The number of benzene rings is 4. The predicted molar refractivity (Wildman–Crippen MR) is 224 cm³/mol. The van der Waals surface area contributed by atoms with Crippen LogP contribution in [0.4, 0.5) is 0 Å². The van der Waals surface area contributed by atoms with E-state index < -0.39 is 0 Å². The molecule has 0 atom stereocenters. The summed E-state index contributed by atoms with van der Waals surface area (Å²) >= 11 is 1.30. The van der Waals surface area contributed by atoms with Crippen LogP contribution in [0, 0.1) is 39.5 Å².